The molecule has 6 heteroatoms. The fraction of sp³-hybridized carbons (Fsp3) is 0.533. The van der Waals surface area contributed by atoms with E-state index in [0.29, 0.717) is 13.2 Å². The molecule has 0 spiro atoms. The van der Waals surface area contributed by atoms with Crippen LogP contribution < -0.4 is 5.32 Å². The monoisotopic (exact) mass is 289 g/mol. The van der Waals surface area contributed by atoms with Crippen LogP contribution in [0.1, 0.15) is 32.2 Å². The molecule has 0 aliphatic rings. The molecular weight excluding hydrogens is 266 g/mol. The van der Waals surface area contributed by atoms with Gasteiger partial charge in [0.2, 0.25) is 0 Å². The molecule has 1 heterocycles. The van der Waals surface area contributed by atoms with Gasteiger partial charge >= 0.3 is 0 Å². The zero-order valence-electron chi connectivity index (χ0n) is 13.1. The van der Waals surface area contributed by atoms with E-state index in [1.807, 2.05) is 0 Å². The van der Waals surface area contributed by atoms with Crippen LogP contribution in [0.25, 0.3) is 5.69 Å². The maximum atomic E-state index is 5.00. The largest absolute Gasteiger partial charge is 0.383 e. The first kappa shape index (κ1) is 15.6. The number of aromatic nitrogens is 4. The van der Waals surface area contributed by atoms with Crippen molar-refractivity contribution in [2.24, 2.45) is 0 Å². The van der Waals surface area contributed by atoms with Gasteiger partial charge in [-0.2, -0.15) is 4.68 Å². The molecular formula is C15H23N5O. The van der Waals surface area contributed by atoms with Crippen LogP contribution in [0.4, 0.5) is 0 Å². The van der Waals surface area contributed by atoms with Crippen LogP contribution in [0.5, 0.6) is 0 Å². The number of hydrogen-bond acceptors (Lipinski definition) is 5. The lowest BCUT2D eigenvalue weighted by Gasteiger charge is -2.19. The summed E-state index contributed by atoms with van der Waals surface area (Å²) in [4.78, 5) is 0. The fourth-order valence-corrected chi connectivity index (χ4v) is 1.99. The number of nitrogens with one attached hydrogen (secondary N) is 1. The van der Waals surface area contributed by atoms with Gasteiger partial charge in [0.1, 0.15) is 0 Å². The Morgan fingerprint density at radius 1 is 1.19 bits per heavy atom. The smallest absolute Gasteiger partial charge is 0.170 e. The van der Waals surface area contributed by atoms with Crippen molar-refractivity contribution in [2.45, 2.75) is 32.7 Å². The van der Waals surface area contributed by atoms with Gasteiger partial charge in [-0.25, -0.2) is 0 Å². The van der Waals surface area contributed by atoms with E-state index in [1.54, 1.807) is 11.8 Å². The normalized spacial score (nSPS) is 11.8. The second-order valence-electron chi connectivity index (χ2n) is 5.97. The Morgan fingerprint density at radius 2 is 1.90 bits per heavy atom. The molecule has 0 unspecified atom stereocenters. The fourth-order valence-electron chi connectivity index (χ4n) is 1.99. The minimum absolute atomic E-state index is 0.143. The Labute approximate surface area is 125 Å². The molecule has 1 aromatic heterocycles. The Morgan fingerprint density at radius 3 is 2.52 bits per heavy atom. The van der Waals surface area contributed by atoms with Crippen LogP contribution in [0.2, 0.25) is 0 Å². The molecule has 0 aliphatic carbocycles. The third-order valence-electron chi connectivity index (χ3n) is 3.28. The van der Waals surface area contributed by atoms with Crippen LogP contribution in [0.3, 0.4) is 0 Å². The molecule has 1 aromatic carbocycles. The number of tetrazole rings is 1. The van der Waals surface area contributed by atoms with Crippen molar-refractivity contribution in [3.05, 3.63) is 35.7 Å². The molecule has 0 atom stereocenters. The third-order valence-corrected chi connectivity index (χ3v) is 3.28. The van der Waals surface area contributed by atoms with Gasteiger partial charge in [-0.15, -0.1) is 5.10 Å². The van der Waals surface area contributed by atoms with Crippen LogP contribution in [-0.4, -0.2) is 40.5 Å². The van der Waals surface area contributed by atoms with Gasteiger partial charge in [0, 0.05) is 13.7 Å². The minimum atomic E-state index is 0.143. The molecule has 2 aromatic rings. The average molecular weight is 289 g/mol. The molecule has 6 nitrogen and oxygen atoms in total. The average Bonchev–Trinajstić information content (AvgIpc) is 2.91. The highest BCUT2D eigenvalue weighted by molar-refractivity contribution is 5.36. The molecule has 0 amide bonds. The summed E-state index contributed by atoms with van der Waals surface area (Å²) in [5.41, 5.74) is 2.40. The first-order chi connectivity index (χ1) is 10.0. The maximum absolute atomic E-state index is 5.00. The summed E-state index contributed by atoms with van der Waals surface area (Å²) < 4.78 is 6.76. The summed E-state index contributed by atoms with van der Waals surface area (Å²) in [6.45, 7) is 8.64. The van der Waals surface area contributed by atoms with E-state index >= 15 is 0 Å². The summed E-state index contributed by atoms with van der Waals surface area (Å²) in [6.07, 6.45) is 0. The van der Waals surface area contributed by atoms with Crippen molar-refractivity contribution in [2.75, 3.05) is 20.3 Å². The number of rotatable bonds is 6. The molecule has 0 fully saturated rings. The van der Waals surface area contributed by atoms with E-state index in [-0.39, 0.29) is 5.41 Å². The molecule has 0 saturated carbocycles. The van der Waals surface area contributed by atoms with Crippen LogP contribution in [0, 0.1) is 0 Å². The predicted octanol–water partition coefficient (Wildman–Crippen LogP) is 1.70. The van der Waals surface area contributed by atoms with E-state index in [2.05, 4.69) is 65.9 Å². The second-order valence-corrected chi connectivity index (χ2v) is 5.97. The summed E-state index contributed by atoms with van der Waals surface area (Å²) in [5, 5.41) is 15.1. The minimum Gasteiger partial charge on any atom is -0.383 e. The van der Waals surface area contributed by atoms with Crippen LogP contribution >= 0.6 is 0 Å². The molecule has 2 rings (SSSR count). The molecule has 0 bridgehead atoms. The predicted molar refractivity (Wildman–Crippen MR) is 81.4 cm³/mol. The SMILES string of the molecule is COCCNCc1nnnn1-c1ccc(C(C)(C)C)cc1. The topological polar surface area (TPSA) is 64.9 Å². The maximum Gasteiger partial charge on any atom is 0.170 e. The molecule has 21 heavy (non-hydrogen) atoms. The summed E-state index contributed by atoms with van der Waals surface area (Å²) >= 11 is 0. The Balaban J connectivity index is 2.10. The number of ether oxygens (including phenoxy) is 1. The third kappa shape index (κ3) is 4.09. The molecule has 0 saturated heterocycles. The second kappa shape index (κ2) is 6.78. The zero-order chi connectivity index (χ0) is 15.3. The summed E-state index contributed by atoms with van der Waals surface area (Å²) in [6, 6.07) is 8.35. The lowest BCUT2D eigenvalue weighted by atomic mass is 9.87. The Hall–Kier alpha value is -1.79. The van der Waals surface area contributed by atoms with Crippen molar-refractivity contribution in [3.63, 3.8) is 0 Å². The summed E-state index contributed by atoms with van der Waals surface area (Å²) in [7, 11) is 1.68. The van der Waals surface area contributed by atoms with Crippen molar-refractivity contribution < 1.29 is 4.74 Å². The first-order valence-corrected chi connectivity index (χ1v) is 7.10. The van der Waals surface area contributed by atoms with Gasteiger partial charge in [0.05, 0.1) is 18.8 Å². The standard InChI is InChI=1S/C15H23N5O/c1-15(2,3)12-5-7-13(8-6-12)20-14(17-18-19-20)11-16-9-10-21-4/h5-8,16H,9-11H2,1-4H3. The van der Waals surface area contributed by atoms with Gasteiger partial charge in [-0.1, -0.05) is 32.9 Å². The van der Waals surface area contributed by atoms with Crippen molar-refractivity contribution in [1.82, 2.24) is 25.5 Å². The highest BCUT2D eigenvalue weighted by Crippen LogP contribution is 2.23. The van der Waals surface area contributed by atoms with Gasteiger partial charge in [-0.05, 0) is 33.5 Å². The van der Waals surface area contributed by atoms with E-state index in [4.69, 9.17) is 4.74 Å². The quantitative estimate of drug-likeness (QED) is 0.820. The van der Waals surface area contributed by atoms with Crippen LogP contribution in [0.15, 0.2) is 24.3 Å². The van der Waals surface area contributed by atoms with Gasteiger partial charge < -0.3 is 10.1 Å². The number of hydrogen-bond donors (Lipinski definition) is 1. The van der Waals surface area contributed by atoms with E-state index in [9.17, 15) is 0 Å². The molecule has 1 N–H and O–H groups in total. The zero-order valence-corrected chi connectivity index (χ0v) is 13.1. The molecule has 0 radical (unpaired) electrons. The van der Waals surface area contributed by atoms with Gasteiger partial charge in [0.15, 0.2) is 5.82 Å². The van der Waals surface area contributed by atoms with Crippen molar-refractivity contribution in [1.29, 1.82) is 0 Å². The molecule has 114 valence electrons. The Kier molecular flexibility index (Phi) is 5.03. The number of benzene rings is 1. The number of methoxy groups -OCH3 is 1. The van der Waals surface area contributed by atoms with Gasteiger partial charge in [-0.3, -0.25) is 0 Å². The molecule has 0 aliphatic heterocycles. The lowest BCUT2D eigenvalue weighted by Crippen LogP contribution is -2.21. The van der Waals surface area contributed by atoms with E-state index < -0.39 is 0 Å². The Bertz CT molecular complexity index is 556. The van der Waals surface area contributed by atoms with Crippen molar-refractivity contribution >= 4 is 0 Å². The highest BCUT2D eigenvalue weighted by Gasteiger charge is 2.14. The first-order valence-electron chi connectivity index (χ1n) is 7.10. The number of nitrogens with zero attached hydrogens (tertiary/aromatic N) is 4. The van der Waals surface area contributed by atoms with E-state index in [0.717, 1.165) is 18.1 Å². The van der Waals surface area contributed by atoms with Crippen molar-refractivity contribution in [3.8, 4) is 5.69 Å². The van der Waals surface area contributed by atoms with Gasteiger partial charge in [0.25, 0.3) is 0 Å². The van der Waals surface area contributed by atoms with E-state index in [1.165, 1.54) is 5.56 Å². The van der Waals surface area contributed by atoms with Crippen LogP contribution in [-0.2, 0) is 16.7 Å². The summed E-state index contributed by atoms with van der Waals surface area (Å²) in [5.74, 6) is 0.787. The lowest BCUT2D eigenvalue weighted by molar-refractivity contribution is 0.199. The highest BCUT2D eigenvalue weighted by atomic mass is 16.5.